The van der Waals surface area contributed by atoms with Gasteiger partial charge in [0.2, 0.25) is 0 Å². The summed E-state index contributed by atoms with van der Waals surface area (Å²) in [7, 11) is 2.97. The van der Waals surface area contributed by atoms with Crippen molar-refractivity contribution in [1.82, 2.24) is 14.1 Å². The van der Waals surface area contributed by atoms with Gasteiger partial charge < -0.3 is 5.32 Å². The predicted molar refractivity (Wildman–Crippen MR) is 113 cm³/mol. The highest BCUT2D eigenvalue weighted by Crippen LogP contribution is 2.29. The quantitative estimate of drug-likeness (QED) is 0.587. The molecule has 1 N–H and O–H groups in total. The van der Waals surface area contributed by atoms with E-state index in [9.17, 15) is 14.4 Å². The minimum atomic E-state index is -0.485. The summed E-state index contributed by atoms with van der Waals surface area (Å²) in [6, 6.07) is 7.20. The number of carbonyl (C=O) groups is 1. The van der Waals surface area contributed by atoms with Gasteiger partial charge in [0, 0.05) is 23.9 Å². The molecule has 1 amide bonds. The van der Waals surface area contributed by atoms with Crippen LogP contribution in [0.5, 0.6) is 0 Å². The lowest BCUT2D eigenvalue weighted by atomic mass is 10.0. The maximum Gasteiger partial charge on any atom is 0.332 e. The van der Waals surface area contributed by atoms with Crippen LogP contribution in [-0.4, -0.2) is 20.0 Å². The Balaban J connectivity index is 2.31. The summed E-state index contributed by atoms with van der Waals surface area (Å²) >= 11 is 2.10. The highest BCUT2D eigenvalue weighted by molar-refractivity contribution is 14.1. The number of hydrogen-bond donors (Lipinski definition) is 1. The topological polar surface area (TPSA) is 86.0 Å². The van der Waals surface area contributed by atoms with Crippen LogP contribution in [0.4, 0.5) is 5.69 Å². The average molecular weight is 478 g/mol. The van der Waals surface area contributed by atoms with E-state index in [1.165, 1.54) is 11.6 Å². The van der Waals surface area contributed by atoms with E-state index in [2.05, 4.69) is 32.9 Å². The van der Waals surface area contributed by atoms with Gasteiger partial charge in [-0.1, -0.05) is 26.0 Å². The van der Waals surface area contributed by atoms with Gasteiger partial charge in [0.05, 0.1) is 11.3 Å². The molecule has 7 nitrogen and oxygen atoms in total. The molecule has 0 radical (unpaired) electrons. The van der Waals surface area contributed by atoms with Gasteiger partial charge in [-0.25, -0.2) is 9.78 Å². The van der Waals surface area contributed by atoms with Crippen LogP contribution < -0.4 is 16.6 Å². The zero-order chi connectivity index (χ0) is 19.9. The molecular formula is C19H19IN4O3. The van der Waals surface area contributed by atoms with Crippen LogP contribution in [0.1, 0.15) is 35.7 Å². The third-order valence-electron chi connectivity index (χ3n) is 4.48. The van der Waals surface area contributed by atoms with E-state index in [4.69, 9.17) is 0 Å². The number of benzene rings is 1. The van der Waals surface area contributed by atoms with Crippen LogP contribution in [0.3, 0.4) is 0 Å². The molecule has 8 heteroatoms. The summed E-state index contributed by atoms with van der Waals surface area (Å²) in [6.45, 7) is 3.91. The minimum Gasteiger partial charge on any atom is -0.321 e. The average Bonchev–Trinajstić information content (AvgIpc) is 2.64. The van der Waals surface area contributed by atoms with Gasteiger partial charge in [-0.3, -0.25) is 18.7 Å². The van der Waals surface area contributed by atoms with Gasteiger partial charge in [-0.2, -0.15) is 0 Å². The van der Waals surface area contributed by atoms with E-state index in [0.717, 1.165) is 13.7 Å². The van der Waals surface area contributed by atoms with E-state index in [0.29, 0.717) is 11.3 Å². The van der Waals surface area contributed by atoms with Crippen LogP contribution in [-0.2, 0) is 14.1 Å². The molecular weight excluding hydrogens is 459 g/mol. The standard InChI is InChI=1S/C19H19IN4O3/c1-10(2)12-9-21-16-14(18(26)24(4)19(27)23(16)3)15(12)22-17(25)11-7-5-6-8-13(11)20/h5-10H,1-4H3,(H,21,22,25). The van der Waals surface area contributed by atoms with Crippen molar-refractivity contribution in [2.24, 2.45) is 14.1 Å². The van der Waals surface area contributed by atoms with Crippen molar-refractivity contribution in [2.45, 2.75) is 19.8 Å². The molecule has 0 aliphatic rings. The summed E-state index contributed by atoms with van der Waals surface area (Å²) in [6.07, 6.45) is 1.61. The number of aromatic nitrogens is 3. The van der Waals surface area contributed by atoms with E-state index in [1.54, 1.807) is 25.4 Å². The SMILES string of the molecule is CC(C)c1cnc2c(c1NC(=O)c1ccccc1I)c(=O)n(C)c(=O)n2C. The first-order valence-corrected chi connectivity index (χ1v) is 9.46. The molecule has 0 unspecified atom stereocenters. The summed E-state index contributed by atoms with van der Waals surface area (Å²) < 4.78 is 3.14. The number of aryl methyl sites for hydroxylation is 1. The zero-order valence-corrected chi connectivity index (χ0v) is 17.6. The lowest BCUT2D eigenvalue weighted by molar-refractivity contribution is 0.102. The molecule has 0 spiro atoms. The lowest BCUT2D eigenvalue weighted by Gasteiger charge is -2.17. The Hall–Kier alpha value is -2.49. The van der Waals surface area contributed by atoms with Crippen molar-refractivity contribution < 1.29 is 4.79 Å². The van der Waals surface area contributed by atoms with Gasteiger partial charge in [0.15, 0.2) is 5.65 Å². The second-order valence-corrected chi connectivity index (χ2v) is 7.74. The van der Waals surface area contributed by atoms with Gasteiger partial charge in [-0.15, -0.1) is 0 Å². The third kappa shape index (κ3) is 3.29. The minimum absolute atomic E-state index is 0.0222. The van der Waals surface area contributed by atoms with Crippen molar-refractivity contribution in [3.05, 3.63) is 66.0 Å². The van der Waals surface area contributed by atoms with Crippen molar-refractivity contribution in [3.8, 4) is 0 Å². The van der Waals surface area contributed by atoms with Gasteiger partial charge in [0.25, 0.3) is 11.5 Å². The molecule has 0 saturated heterocycles. The Kier molecular flexibility index (Phi) is 5.18. The van der Waals surface area contributed by atoms with Crippen LogP contribution in [0.25, 0.3) is 11.0 Å². The van der Waals surface area contributed by atoms with Gasteiger partial charge in [0.1, 0.15) is 5.39 Å². The zero-order valence-electron chi connectivity index (χ0n) is 15.4. The Morgan fingerprint density at radius 1 is 1.15 bits per heavy atom. The van der Waals surface area contributed by atoms with Crippen LogP contribution in [0, 0.1) is 3.57 Å². The molecule has 2 heterocycles. The summed E-state index contributed by atoms with van der Waals surface area (Å²) in [5.41, 5.74) is 0.937. The Bertz CT molecular complexity index is 1180. The Morgan fingerprint density at radius 3 is 2.44 bits per heavy atom. The van der Waals surface area contributed by atoms with Gasteiger partial charge >= 0.3 is 5.69 Å². The first-order valence-electron chi connectivity index (χ1n) is 8.38. The molecule has 3 rings (SSSR count). The number of amides is 1. The maximum absolute atomic E-state index is 12.9. The largest absolute Gasteiger partial charge is 0.332 e. The van der Waals surface area contributed by atoms with Crippen molar-refractivity contribution in [1.29, 1.82) is 0 Å². The highest BCUT2D eigenvalue weighted by atomic mass is 127. The smallest absolute Gasteiger partial charge is 0.321 e. The molecule has 27 heavy (non-hydrogen) atoms. The molecule has 0 atom stereocenters. The van der Waals surface area contributed by atoms with Crippen molar-refractivity contribution in [3.63, 3.8) is 0 Å². The number of anilines is 1. The molecule has 2 aromatic heterocycles. The molecule has 0 aliphatic carbocycles. The fourth-order valence-corrected chi connectivity index (χ4v) is 3.57. The summed E-state index contributed by atoms with van der Waals surface area (Å²) in [4.78, 5) is 42.3. The number of hydrogen-bond acceptors (Lipinski definition) is 4. The molecule has 1 aromatic carbocycles. The van der Waals surface area contributed by atoms with E-state index in [1.807, 2.05) is 26.0 Å². The number of rotatable bonds is 3. The number of nitrogens with one attached hydrogen (secondary N) is 1. The predicted octanol–water partition coefficient (Wildman–Crippen LogP) is 2.61. The fraction of sp³-hybridized carbons (Fsp3) is 0.263. The summed E-state index contributed by atoms with van der Waals surface area (Å²) in [5, 5.41) is 3.12. The van der Waals surface area contributed by atoms with Crippen molar-refractivity contribution in [2.75, 3.05) is 5.32 Å². The fourth-order valence-electron chi connectivity index (χ4n) is 2.94. The van der Waals surface area contributed by atoms with E-state index < -0.39 is 11.2 Å². The van der Waals surface area contributed by atoms with Crippen LogP contribution >= 0.6 is 22.6 Å². The molecule has 140 valence electrons. The second kappa shape index (κ2) is 7.26. The molecule has 0 bridgehead atoms. The normalized spacial score (nSPS) is 11.2. The van der Waals surface area contributed by atoms with Crippen LogP contribution in [0.15, 0.2) is 40.1 Å². The highest BCUT2D eigenvalue weighted by Gasteiger charge is 2.21. The third-order valence-corrected chi connectivity index (χ3v) is 5.42. The van der Waals surface area contributed by atoms with Gasteiger partial charge in [-0.05, 0) is 46.2 Å². The first kappa shape index (κ1) is 19.3. The molecule has 3 aromatic rings. The van der Waals surface area contributed by atoms with E-state index in [-0.39, 0.29) is 22.9 Å². The number of nitrogens with zero attached hydrogens (tertiary/aromatic N) is 3. The monoisotopic (exact) mass is 478 g/mol. The number of fused-ring (bicyclic) bond motifs is 1. The second-order valence-electron chi connectivity index (χ2n) is 6.58. The number of halogens is 1. The molecule has 0 aliphatic heterocycles. The molecule has 0 saturated carbocycles. The maximum atomic E-state index is 12.9. The van der Waals surface area contributed by atoms with Crippen LogP contribution in [0.2, 0.25) is 0 Å². The first-order chi connectivity index (χ1) is 12.7. The van der Waals surface area contributed by atoms with Crippen molar-refractivity contribution >= 4 is 45.2 Å². The number of carbonyl (C=O) groups excluding carboxylic acids is 1. The number of pyridine rings is 1. The molecule has 0 fully saturated rings. The lowest BCUT2D eigenvalue weighted by Crippen LogP contribution is -2.38. The Labute approximate surface area is 169 Å². The van der Waals surface area contributed by atoms with E-state index >= 15 is 0 Å². The Morgan fingerprint density at radius 2 is 1.81 bits per heavy atom. The summed E-state index contributed by atoms with van der Waals surface area (Å²) in [5.74, 6) is -0.292.